The minimum Gasteiger partial charge on any atom is -0.369 e. The van der Waals surface area contributed by atoms with Gasteiger partial charge >= 0.3 is 0 Å². The minimum atomic E-state index is 0.289. The van der Waals surface area contributed by atoms with Gasteiger partial charge in [-0.05, 0) is 23.6 Å². The molecule has 0 fully saturated rings. The summed E-state index contributed by atoms with van der Waals surface area (Å²) in [5, 5.41) is 6.80. The number of fused-ring (bicyclic) bond motifs is 1. The van der Waals surface area contributed by atoms with Crippen LogP contribution in [0, 0.1) is 0 Å². The maximum absolute atomic E-state index is 6.00. The molecule has 3 nitrogen and oxygen atoms in total. The SMILES string of the molecule is CCCNc1nc(Cl)nc2scc(-c3ccccc3)c12. The van der Waals surface area contributed by atoms with E-state index < -0.39 is 0 Å². The lowest BCUT2D eigenvalue weighted by Crippen LogP contribution is -2.03. The second-order valence-electron chi connectivity index (χ2n) is 4.46. The third-order valence-electron chi connectivity index (χ3n) is 3.03. The summed E-state index contributed by atoms with van der Waals surface area (Å²) in [6.45, 7) is 2.99. The zero-order valence-electron chi connectivity index (χ0n) is 11.1. The molecule has 0 saturated heterocycles. The molecule has 1 aromatic carbocycles. The van der Waals surface area contributed by atoms with Gasteiger partial charge in [0.1, 0.15) is 10.6 Å². The van der Waals surface area contributed by atoms with Crippen molar-refractivity contribution in [2.24, 2.45) is 0 Å². The van der Waals surface area contributed by atoms with Gasteiger partial charge in [-0.15, -0.1) is 11.3 Å². The fourth-order valence-electron chi connectivity index (χ4n) is 2.12. The molecule has 102 valence electrons. The van der Waals surface area contributed by atoms with E-state index in [2.05, 4.69) is 39.7 Å². The van der Waals surface area contributed by atoms with Gasteiger partial charge in [-0.25, -0.2) is 9.97 Å². The number of halogens is 1. The predicted molar refractivity (Wildman–Crippen MR) is 86.6 cm³/mol. The molecule has 2 heterocycles. The van der Waals surface area contributed by atoms with Crippen LogP contribution in [0.4, 0.5) is 5.82 Å². The van der Waals surface area contributed by atoms with E-state index in [1.807, 2.05) is 18.2 Å². The third-order valence-corrected chi connectivity index (χ3v) is 4.07. The fourth-order valence-corrected chi connectivity index (χ4v) is 3.28. The van der Waals surface area contributed by atoms with E-state index in [4.69, 9.17) is 11.6 Å². The highest BCUT2D eigenvalue weighted by molar-refractivity contribution is 7.17. The van der Waals surface area contributed by atoms with Crippen LogP contribution in [0.15, 0.2) is 35.7 Å². The molecule has 3 rings (SSSR count). The monoisotopic (exact) mass is 303 g/mol. The van der Waals surface area contributed by atoms with Crippen LogP contribution >= 0.6 is 22.9 Å². The van der Waals surface area contributed by atoms with Crippen LogP contribution in [-0.2, 0) is 0 Å². The normalized spacial score (nSPS) is 10.9. The summed E-state index contributed by atoms with van der Waals surface area (Å²) in [5.74, 6) is 0.821. The quantitative estimate of drug-likeness (QED) is 0.701. The average Bonchev–Trinajstić information content (AvgIpc) is 2.89. The van der Waals surface area contributed by atoms with Crippen molar-refractivity contribution in [1.82, 2.24) is 9.97 Å². The van der Waals surface area contributed by atoms with Crippen LogP contribution in [-0.4, -0.2) is 16.5 Å². The summed E-state index contributed by atoms with van der Waals surface area (Å²) >= 11 is 7.60. The molecule has 0 aliphatic heterocycles. The number of hydrogen-bond acceptors (Lipinski definition) is 4. The number of aromatic nitrogens is 2. The Morgan fingerprint density at radius 1 is 1.20 bits per heavy atom. The summed E-state index contributed by atoms with van der Waals surface area (Å²) in [5.41, 5.74) is 2.32. The number of rotatable bonds is 4. The molecule has 0 unspecified atom stereocenters. The number of anilines is 1. The molecule has 0 saturated carbocycles. The Labute approximate surface area is 126 Å². The molecule has 0 bridgehead atoms. The lowest BCUT2D eigenvalue weighted by atomic mass is 10.1. The zero-order valence-corrected chi connectivity index (χ0v) is 12.6. The molecule has 1 N–H and O–H groups in total. The second-order valence-corrected chi connectivity index (χ2v) is 5.66. The van der Waals surface area contributed by atoms with E-state index in [1.54, 1.807) is 11.3 Å². The van der Waals surface area contributed by atoms with E-state index >= 15 is 0 Å². The van der Waals surface area contributed by atoms with Crippen LogP contribution in [0.25, 0.3) is 21.3 Å². The second kappa shape index (κ2) is 5.77. The van der Waals surface area contributed by atoms with Crippen molar-refractivity contribution >= 4 is 39.0 Å². The minimum absolute atomic E-state index is 0.289. The Morgan fingerprint density at radius 3 is 2.75 bits per heavy atom. The topological polar surface area (TPSA) is 37.8 Å². The van der Waals surface area contributed by atoms with Crippen molar-refractivity contribution < 1.29 is 0 Å². The highest BCUT2D eigenvalue weighted by Gasteiger charge is 2.14. The predicted octanol–water partition coefficient (Wildman–Crippen LogP) is 4.83. The molecule has 0 amide bonds. The Hall–Kier alpha value is -1.65. The van der Waals surface area contributed by atoms with E-state index in [-0.39, 0.29) is 5.28 Å². The van der Waals surface area contributed by atoms with Crippen molar-refractivity contribution in [3.8, 4) is 11.1 Å². The van der Waals surface area contributed by atoms with Crippen LogP contribution in [0.1, 0.15) is 13.3 Å². The van der Waals surface area contributed by atoms with Gasteiger partial charge in [-0.3, -0.25) is 0 Å². The van der Waals surface area contributed by atoms with Gasteiger partial charge in [0, 0.05) is 17.5 Å². The first-order valence-electron chi connectivity index (χ1n) is 6.53. The van der Waals surface area contributed by atoms with Gasteiger partial charge < -0.3 is 5.32 Å². The first-order chi connectivity index (χ1) is 9.79. The Balaban J connectivity index is 2.19. The molecule has 0 atom stereocenters. The Kier molecular flexibility index (Phi) is 3.85. The van der Waals surface area contributed by atoms with Crippen molar-refractivity contribution in [2.45, 2.75) is 13.3 Å². The molecule has 20 heavy (non-hydrogen) atoms. The van der Waals surface area contributed by atoms with Gasteiger partial charge in [0.25, 0.3) is 0 Å². The van der Waals surface area contributed by atoms with Crippen LogP contribution < -0.4 is 5.32 Å². The molecule has 0 spiro atoms. The number of benzene rings is 1. The van der Waals surface area contributed by atoms with Gasteiger partial charge in [0.05, 0.1) is 5.39 Å². The first-order valence-corrected chi connectivity index (χ1v) is 7.79. The summed E-state index contributed by atoms with van der Waals surface area (Å²) in [4.78, 5) is 9.59. The molecule has 5 heteroatoms. The van der Waals surface area contributed by atoms with Gasteiger partial charge in [0.2, 0.25) is 5.28 Å². The van der Waals surface area contributed by atoms with Crippen molar-refractivity contribution in [2.75, 3.05) is 11.9 Å². The maximum atomic E-state index is 6.00. The van der Waals surface area contributed by atoms with E-state index in [9.17, 15) is 0 Å². The largest absolute Gasteiger partial charge is 0.369 e. The van der Waals surface area contributed by atoms with Gasteiger partial charge in [-0.1, -0.05) is 37.3 Å². The molecule has 2 aromatic heterocycles. The summed E-state index contributed by atoms with van der Waals surface area (Å²) in [7, 11) is 0. The van der Waals surface area contributed by atoms with Gasteiger partial charge in [-0.2, -0.15) is 0 Å². The van der Waals surface area contributed by atoms with Crippen molar-refractivity contribution in [1.29, 1.82) is 0 Å². The standard InChI is InChI=1S/C15H14ClN3S/c1-2-8-17-13-12-11(10-6-4-3-5-7-10)9-20-14(12)19-15(16)18-13/h3-7,9H,2,8H2,1H3,(H,17,18,19). The van der Waals surface area contributed by atoms with Crippen LogP contribution in [0.3, 0.4) is 0 Å². The number of nitrogens with one attached hydrogen (secondary N) is 1. The van der Waals surface area contributed by atoms with Gasteiger partial charge in [0.15, 0.2) is 0 Å². The summed E-state index contributed by atoms with van der Waals surface area (Å²) in [6, 6.07) is 10.3. The average molecular weight is 304 g/mol. The molecular weight excluding hydrogens is 290 g/mol. The summed E-state index contributed by atoms with van der Waals surface area (Å²) in [6.07, 6.45) is 1.04. The highest BCUT2D eigenvalue weighted by atomic mass is 35.5. The van der Waals surface area contributed by atoms with Crippen LogP contribution in [0.2, 0.25) is 5.28 Å². The number of hydrogen-bond donors (Lipinski definition) is 1. The zero-order chi connectivity index (χ0) is 13.9. The number of nitrogens with zero attached hydrogens (tertiary/aromatic N) is 2. The molecule has 0 radical (unpaired) electrons. The summed E-state index contributed by atoms with van der Waals surface area (Å²) < 4.78 is 0. The highest BCUT2D eigenvalue weighted by Crippen LogP contribution is 2.37. The van der Waals surface area contributed by atoms with E-state index in [1.165, 1.54) is 5.56 Å². The Morgan fingerprint density at radius 2 is 2.00 bits per heavy atom. The van der Waals surface area contributed by atoms with Crippen LogP contribution in [0.5, 0.6) is 0 Å². The lowest BCUT2D eigenvalue weighted by molar-refractivity contribution is 0.970. The first kappa shape index (κ1) is 13.3. The molecular formula is C15H14ClN3S. The number of thiophene rings is 1. The smallest absolute Gasteiger partial charge is 0.225 e. The molecule has 3 aromatic rings. The van der Waals surface area contributed by atoms with Crippen molar-refractivity contribution in [3.63, 3.8) is 0 Å². The molecule has 0 aliphatic carbocycles. The lowest BCUT2D eigenvalue weighted by Gasteiger charge is -2.08. The van der Waals surface area contributed by atoms with E-state index in [0.717, 1.165) is 34.6 Å². The fraction of sp³-hybridized carbons (Fsp3) is 0.200. The Bertz CT molecular complexity index is 725. The third kappa shape index (κ3) is 2.49. The maximum Gasteiger partial charge on any atom is 0.225 e. The van der Waals surface area contributed by atoms with Crippen molar-refractivity contribution in [3.05, 3.63) is 41.0 Å². The van der Waals surface area contributed by atoms with E-state index in [0.29, 0.717) is 0 Å². The molecule has 0 aliphatic rings.